The molecule has 0 aromatic heterocycles. The molecule has 0 aliphatic heterocycles. The molecule has 0 fully saturated rings. The maximum absolute atomic E-state index is 5.83. The molecule has 0 amide bonds. The van der Waals surface area contributed by atoms with E-state index in [-0.39, 0.29) is 0 Å². The fraction of sp³-hybridized carbons (Fsp3) is 0.571. The number of benzene rings is 1. The number of hydrogen-bond donors (Lipinski definition) is 0. The minimum atomic E-state index is 0.361. The van der Waals surface area contributed by atoms with Crippen LogP contribution in [-0.2, 0) is 5.88 Å². The van der Waals surface area contributed by atoms with E-state index in [9.17, 15) is 0 Å². The molecule has 0 N–H and O–H groups in total. The lowest BCUT2D eigenvalue weighted by Crippen LogP contribution is -2.08. The molecule has 0 bridgehead atoms. The van der Waals surface area contributed by atoms with E-state index < -0.39 is 0 Å². The van der Waals surface area contributed by atoms with E-state index in [2.05, 4.69) is 52.6 Å². The van der Waals surface area contributed by atoms with Crippen molar-refractivity contribution in [3.05, 3.63) is 26.6 Å². The number of hydrogen-bond acceptors (Lipinski definition) is 1. The van der Waals surface area contributed by atoms with Crippen LogP contribution in [0.4, 0.5) is 0 Å². The topological polar surface area (TPSA) is 9.23 Å². The second-order valence-corrected chi connectivity index (χ2v) is 7.51. The molecular weight excluding hydrogens is 379 g/mol. The van der Waals surface area contributed by atoms with Gasteiger partial charge in [-0.15, -0.1) is 11.6 Å². The first-order chi connectivity index (χ1) is 8.33. The second kappa shape index (κ2) is 7.16. The molecule has 18 heavy (non-hydrogen) atoms. The zero-order valence-corrected chi connectivity index (χ0v) is 15.0. The van der Waals surface area contributed by atoms with Gasteiger partial charge in [-0.05, 0) is 67.8 Å². The van der Waals surface area contributed by atoms with Crippen molar-refractivity contribution >= 4 is 43.5 Å². The predicted molar refractivity (Wildman–Crippen MR) is 85.6 cm³/mol. The average molecular weight is 399 g/mol. The number of ether oxygens (including phenoxy) is 1. The summed E-state index contributed by atoms with van der Waals surface area (Å²) in [5, 5.41) is 0. The van der Waals surface area contributed by atoms with Crippen molar-refractivity contribution in [3.8, 4) is 5.75 Å². The minimum Gasteiger partial charge on any atom is -0.491 e. The van der Waals surface area contributed by atoms with Crippen LogP contribution in [0.2, 0.25) is 0 Å². The molecule has 0 atom stereocenters. The van der Waals surface area contributed by atoms with Gasteiger partial charge in [-0.3, -0.25) is 0 Å². The van der Waals surface area contributed by atoms with Gasteiger partial charge in [0.25, 0.3) is 0 Å². The molecule has 1 rings (SSSR count). The third kappa shape index (κ3) is 5.50. The van der Waals surface area contributed by atoms with Crippen molar-refractivity contribution in [2.75, 3.05) is 6.61 Å². The Morgan fingerprint density at radius 2 is 1.72 bits per heavy atom. The molecule has 0 saturated carbocycles. The van der Waals surface area contributed by atoms with Gasteiger partial charge in [0.05, 0.1) is 15.6 Å². The lowest BCUT2D eigenvalue weighted by molar-refractivity contribution is 0.267. The van der Waals surface area contributed by atoms with Crippen LogP contribution in [0, 0.1) is 5.41 Å². The van der Waals surface area contributed by atoms with Crippen molar-refractivity contribution in [2.45, 2.75) is 39.5 Å². The monoisotopic (exact) mass is 396 g/mol. The first-order valence-corrected chi connectivity index (χ1v) is 8.12. The third-order valence-electron chi connectivity index (χ3n) is 2.53. The van der Waals surface area contributed by atoms with E-state index in [0.717, 1.165) is 39.7 Å². The Bertz CT molecular complexity index is 376. The van der Waals surface area contributed by atoms with Gasteiger partial charge in [-0.2, -0.15) is 0 Å². The molecule has 1 aromatic rings. The van der Waals surface area contributed by atoms with Crippen LogP contribution < -0.4 is 4.74 Å². The summed E-state index contributed by atoms with van der Waals surface area (Å²) in [5.41, 5.74) is 1.43. The van der Waals surface area contributed by atoms with E-state index in [1.165, 1.54) is 0 Å². The molecule has 0 spiro atoms. The number of rotatable bonds is 5. The molecule has 0 aliphatic carbocycles. The van der Waals surface area contributed by atoms with Crippen molar-refractivity contribution in [1.82, 2.24) is 0 Å². The van der Waals surface area contributed by atoms with Crippen LogP contribution in [0.25, 0.3) is 0 Å². The summed E-state index contributed by atoms with van der Waals surface area (Å²) in [5.74, 6) is 1.36. The van der Waals surface area contributed by atoms with Crippen molar-refractivity contribution < 1.29 is 4.74 Å². The van der Waals surface area contributed by atoms with Gasteiger partial charge in [0, 0.05) is 5.88 Å². The average Bonchev–Trinajstić information content (AvgIpc) is 2.25. The first-order valence-electron chi connectivity index (χ1n) is 6.00. The predicted octanol–water partition coefficient (Wildman–Crippen LogP) is 6.16. The molecule has 0 aliphatic rings. The van der Waals surface area contributed by atoms with E-state index in [4.69, 9.17) is 16.3 Å². The summed E-state index contributed by atoms with van der Waals surface area (Å²) in [6, 6.07) is 3.99. The van der Waals surface area contributed by atoms with Crippen LogP contribution in [0.3, 0.4) is 0 Å². The highest BCUT2D eigenvalue weighted by Crippen LogP contribution is 2.35. The Balaban J connectivity index is 2.57. The first kappa shape index (κ1) is 16.3. The zero-order chi connectivity index (χ0) is 13.8. The Morgan fingerprint density at radius 1 is 1.17 bits per heavy atom. The highest BCUT2D eigenvalue weighted by atomic mass is 79.9. The van der Waals surface area contributed by atoms with Crippen LogP contribution in [0.1, 0.15) is 39.2 Å². The second-order valence-electron chi connectivity index (χ2n) is 5.53. The summed E-state index contributed by atoms with van der Waals surface area (Å²) in [6.45, 7) is 7.46. The van der Waals surface area contributed by atoms with E-state index in [1.54, 1.807) is 0 Å². The molecule has 4 heteroatoms. The summed E-state index contributed by atoms with van der Waals surface area (Å²) in [4.78, 5) is 0. The van der Waals surface area contributed by atoms with Gasteiger partial charge in [0.2, 0.25) is 0 Å². The normalized spacial score (nSPS) is 11.7. The summed E-state index contributed by atoms with van der Waals surface area (Å²) in [7, 11) is 0. The third-order valence-corrected chi connectivity index (χ3v) is 4.02. The quantitative estimate of drug-likeness (QED) is 0.427. The fourth-order valence-electron chi connectivity index (χ4n) is 1.60. The van der Waals surface area contributed by atoms with Crippen LogP contribution in [-0.4, -0.2) is 6.61 Å². The van der Waals surface area contributed by atoms with Gasteiger partial charge in [-0.25, -0.2) is 0 Å². The molecule has 1 nitrogen and oxygen atoms in total. The molecule has 0 saturated heterocycles. The molecule has 1 aromatic carbocycles. The van der Waals surface area contributed by atoms with Crippen LogP contribution >= 0.6 is 43.5 Å². The van der Waals surface area contributed by atoms with Crippen molar-refractivity contribution in [2.24, 2.45) is 5.41 Å². The molecule has 0 unspecified atom stereocenters. The lowest BCUT2D eigenvalue weighted by Gasteiger charge is -2.18. The molecule has 102 valence electrons. The highest BCUT2D eigenvalue weighted by molar-refractivity contribution is 9.11. The highest BCUT2D eigenvalue weighted by Gasteiger charge is 2.11. The molecular formula is C14H19Br2ClO. The van der Waals surface area contributed by atoms with Crippen molar-refractivity contribution in [1.29, 1.82) is 0 Å². The molecule has 0 heterocycles. The number of alkyl halides is 1. The van der Waals surface area contributed by atoms with Gasteiger partial charge < -0.3 is 4.74 Å². The Hall–Kier alpha value is 0.270. The summed E-state index contributed by atoms with van der Waals surface area (Å²) in [6.07, 6.45) is 2.21. The summed E-state index contributed by atoms with van der Waals surface area (Å²) >= 11 is 12.9. The maximum atomic E-state index is 5.83. The largest absolute Gasteiger partial charge is 0.491 e. The minimum absolute atomic E-state index is 0.361. The molecule has 0 radical (unpaired) electrons. The van der Waals surface area contributed by atoms with Crippen LogP contribution in [0.15, 0.2) is 21.1 Å². The lowest BCUT2D eigenvalue weighted by atomic mass is 9.91. The smallest absolute Gasteiger partial charge is 0.147 e. The number of halogens is 3. The van der Waals surface area contributed by atoms with E-state index in [1.807, 2.05) is 12.1 Å². The van der Waals surface area contributed by atoms with Crippen LogP contribution in [0.5, 0.6) is 5.75 Å². The van der Waals surface area contributed by atoms with Gasteiger partial charge in [0.1, 0.15) is 5.75 Å². The van der Waals surface area contributed by atoms with E-state index in [0.29, 0.717) is 11.3 Å². The standard InChI is InChI=1S/C14H19Br2ClO/c1-14(2,3)5-4-6-18-13-11(15)7-10(9-17)8-12(13)16/h7-8H,4-6,9H2,1-3H3. The van der Waals surface area contributed by atoms with Gasteiger partial charge >= 0.3 is 0 Å². The SMILES string of the molecule is CC(C)(C)CCCOc1c(Br)cc(CCl)cc1Br. The Kier molecular flexibility index (Phi) is 6.49. The Labute approximate surface area is 132 Å². The van der Waals surface area contributed by atoms with Gasteiger partial charge in [-0.1, -0.05) is 20.8 Å². The summed E-state index contributed by atoms with van der Waals surface area (Å²) < 4.78 is 7.72. The zero-order valence-electron chi connectivity index (χ0n) is 11.0. The fourth-order valence-corrected chi connectivity index (χ4v) is 3.27. The maximum Gasteiger partial charge on any atom is 0.147 e. The van der Waals surface area contributed by atoms with Gasteiger partial charge in [0.15, 0.2) is 0 Å². The van der Waals surface area contributed by atoms with Crippen molar-refractivity contribution in [3.63, 3.8) is 0 Å². The Morgan fingerprint density at radius 3 is 2.17 bits per heavy atom. The van der Waals surface area contributed by atoms with E-state index >= 15 is 0 Å².